The van der Waals surface area contributed by atoms with Crippen LogP contribution < -0.4 is 10.1 Å². The van der Waals surface area contributed by atoms with Crippen LogP contribution in [0.3, 0.4) is 0 Å². The number of halogens is 1. The first-order valence-corrected chi connectivity index (χ1v) is 8.39. The van der Waals surface area contributed by atoms with Crippen LogP contribution in [0.1, 0.15) is 13.3 Å². The molecule has 1 amide bonds. The number of carbonyl (C=O) groups is 1. The van der Waals surface area contributed by atoms with E-state index in [0.717, 1.165) is 18.3 Å². The molecule has 0 unspecified atom stereocenters. The van der Waals surface area contributed by atoms with Crippen molar-refractivity contribution in [1.29, 1.82) is 0 Å². The second-order valence-corrected chi connectivity index (χ2v) is 5.93. The molecule has 1 aromatic carbocycles. The van der Waals surface area contributed by atoms with Crippen LogP contribution in [0.4, 0.5) is 0 Å². The van der Waals surface area contributed by atoms with Gasteiger partial charge in [0.1, 0.15) is 12.4 Å². The summed E-state index contributed by atoms with van der Waals surface area (Å²) >= 11 is 5.85. The lowest BCUT2D eigenvalue weighted by molar-refractivity contribution is -0.128. The Bertz CT molecular complexity index is 532. The highest BCUT2D eigenvalue weighted by atomic mass is 35.5. The molecule has 6 nitrogen and oxygen atoms in total. The summed E-state index contributed by atoms with van der Waals surface area (Å²) in [5.74, 6) is 1.62. The smallest absolute Gasteiger partial charge is 0.223 e. The molecule has 1 aromatic rings. The highest BCUT2D eigenvalue weighted by Gasteiger charge is 2.07. The lowest BCUT2D eigenvalue weighted by atomic mass is 10.3. The predicted octanol–water partition coefficient (Wildman–Crippen LogP) is 2.09. The number of nitrogens with one attached hydrogen (secondary N) is 1. The van der Waals surface area contributed by atoms with Crippen molar-refractivity contribution in [2.75, 3.05) is 47.4 Å². The molecular formula is C17H27ClN4O2. The van der Waals surface area contributed by atoms with Crippen LogP contribution in [0.25, 0.3) is 0 Å². The maximum atomic E-state index is 11.6. The van der Waals surface area contributed by atoms with Gasteiger partial charge in [0.05, 0.1) is 13.1 Å². The molecule has 0 aliphatic carbocycles. The van der Waals surface area contributed by atoms with Crippen molar-refractivity contribution in [3.8, 4) is 5.75 Å². The predicted molar refractivity (Wildman–Crippen MR) is 98.9 cm³/mol. The molecule has 0 spiro atoms. The minimum Gasteiger partial charge on any atom is -0.492 e. The summed E-state index contributed by atoms with van der Waals surface area (Å²) < 4.78 is 5.69. The third-order valence-corrected chi connectivity index (χ3v) is 3.54. The summed E-state index contributed by atoms with van der Waals surface area (Å²) in [4.78, 5) is 19.6. The van der Waals surface area contributed by atoms with Gasteiger partial charge in [0.15, 0.2) is 5.96 Å². The second kappa shape index (κ2) is 10.8. The molecule has 0 aromatic heterocycles. The van der Waals surface area contributed by atoms with E-state index < -0.39 is 0 Å². The Morgan fingerprint density at radius 1 is 1.25 bits per heavy atom. The van der Waals surface area contributed by atoms with Gasteiger partial charge in [0, 0.05) is 39.1 Å². The molecule has 0 aliphatic heterocycles. The lowest BCUT2D eigenvalue weighted by Crippen LogP contribution is -2.41. The molecule has 134 valence electrons. The molecule has 1 rings (SSSR count). The summed E-state index contributed by atoms with van der Waals surface area (Å²) in [6.07, 6.45) is 0.400. The van der Waals surface area contributed by atoms with E-state index in [-0.39, 0.29) is 5.91 Å². The number of ether oxygens (including phenoxy) is 1. The fourth-order valence-electron chi connectivity index (χ4n) is 1.89. The van der Waals surface area contributed by atoms with Crippen LogP contribution in [0.2, 0.25) is 5.02 Å². The first-order valence-electron chi connectivity index (χ1n) is 8.02. The van der Waals surface area contributed by atoms with Crippen LogP contribution >= 0.6 is 11.6 Å². The van der Waals surface area contributed by atoms with Crippen molar-refractivity contribution in [3.05, 3.63) is 29.3 Å². The van der Waals surface area contributed by atoms with Crippen LogP contribution in [0.15, 0.2) is 29.3 Å². The number of aliphatic imine (C=N–C) groups is 1. The maximum Gasteiger partial charge on any atom is 0.223 e. The number of likely N-dealkylation sites (N-methyl/N-ethyl adjacent to an activating group) is 1. The summed E-state index contributed by atoms with van der Waals surface area (Å²) in [6.45, 7) is 4.44. The van der Waals surface area contributed by atoms with Gasteiger partial charge in [0.25, 0.3) is 0 Å². The number of benzene rings is 1. The quantitative estimate of drug-likeness (QED) is 0.573. The van der Waals surface area contributed by atoms with E-state index in [4.69, 9.17) is 16.3 Å². The van der Waals surface area contributed by atoms with Gasteiger partial charge >= 0.3 is 0 Å². The molecule has 0 fully saturated rings. The maximum absolute atomic E-state index is 11.6. The van der Waals surface area contributed by atoms with Crippen molar-refractivity contribution in [3.63, 3.8) is 0 Å². The van der Waals surface area contributed by atoms with Gasteiger partial charge in [-0.3, -0.25) is 9.79 Å². The first-order chi connectivity index (χ1) is 11.4. The fourth-order valence-corrected chi connectivity index (χ4v) is 2.01. The number of carbonyl (C=O) groups excluding carboxylic acids is 1. The molecule has 7 heteroatoms. The second-order valence-electron chi connectivity index (χ2n) is 5.50. The number of guanidine groups is 1. The average molecular weight is 355 g/mol. The molecule has 24 heavy (non-hydrogen) atoms. The summed E-state index contributed by atoms with van der Waals surface area (Å²) in [6, 6.07) is 7.28. The molecule has 0 radical (unpaired) electrons. The van der Waals surface area contributed by atoms with Crippen molar-refractivity contribution in [2.24, 2.45) is 4.99 Å². The van der Waals surface area contributed by atoms with E-state index >= 15 is 0 Å². The molecular weight excluding hydrogens is 328 g/mol. The summed E-state index contributed by atoms with van der Waals surface area (Å²) in [5.41, 5.74) is 0. The van der Waals surface area contributed by atoms with E-state index in [2.05, 4.69) is 10.3 Å². The molecule has 0 heterocycles. The van der Waals surface area contributed by atoms with Crippen molar-refractivity contribution in [2.45, 2.75) is 13.3 Å². The Hall–Kier alpha value is -1.95. The average Bonchev–Trinajstić information content (AvgIpc) is 2.55. The zero-order valence-electron chi connectivity index (χ0n) is 14.9. The van der Waals surface area contributed by atoms with Gasteiger partial charge in [-0.15, -0.1) is 0 Å². The zero-order chi connectivity index (χ0) is 17.9. The number of hydrogen-bond acceptors (Lipinski definition) is 3. The molecule has 0 atom stereocenters. The van der Waals surface area contributed by atoms with Crippen LogP contribution in [-0.4, -0.2) is 69.1 Å². The van der Waals surface area contributed by atoms with E-state index in [1.54, 1.807) is 31.1 Å². The largest absolute Gasteiger partial charge is 0.492 e. The highest BCUT2D eigenvalue weighted by Crippen LogP contribution is 2.15. The van der Waals surface area contributed by atoms with Gasteiger partial charge in [-0.05, 0) is 31.2 Å². The number of nitrogens with zero attached hydrogens (tertiary/aromatic N) is 3. The monoisotopic (exact) mass is 354 g/mol. The zero-order valence-corrected chi connectivity index (χ0v) is 15.6. The molecule has 0 bridgehead atoms. The van der Waals surface area contributed by atoms with Crippen LogP contribution in [0.5, 0.6) is 5.75 Å². The number of amides is 1. The van der Waals surface area contributed by atoms with Crippen molar-refractivity contribution >= 4 is 23.5 Å². The third kappa shape index (κ3) is 7.55. The lowest BCUT2D eigenvalue weighted by Gasteiger charge is -2.22. The van der Waals surface area contributed by atoms with E-state index in [0.29, 0.717) is 31.1 Å². The van der Waals surface area contributed by atoms with Crippen molar-refractivity contribution in [1.82, 2.24) is 15.1 Å². The Morgan fingerprint density at radius 2 is 1.92 bits per heavy atom. The van der Waals surface area contributed by atoms with Gasteiger partial charge < -0.3 is 19.9 Å². The first kappa shape index (κ1) is 20.1. The van der Waals surface area contributed by atoms with E-state index in [1.807, 2.05) is 31.0 Å². The van der Waals surface area contributed by atoms with E-state index in [1.165, 1.54) is 0 Å². The van der Waals surface area contributed by atoms with Gasteiger partial charge in [-0.25, -0.2) is 0 Å². The van der Waals surface area contributed by atoms with Crippen LogP contribution in [0, 0.1) is 0 Å². The Labute approximate surface area is 149 Å². The number of rotatable bonds is 8. The molecule has 0 saturated carbocycles. The van der Waals surface area contributed by atoms with Crippen molar-refractivity contribution < 1.29 is 9.53 Å². The summed E-state index contributed by atoms with van der Waals surface area (Å²) in [5, 5.41) is 3.91. The fraction of sp³-hybridized carbons (Fsp3) is 0.529. The Balaban J connectivity index is 2.45. The number of hydrogen-bond donors (Lipinski definition) is 1. The molecule has 0 aliphatic rings. The van der Waals surface area contributed by atoms with E-state index in [9.17, 15) is 4.79 Å². The summed E-state index contributed by atoms with van der Waals surface area (Å²) in [7, 11) is 5.44. The normalized spacial score (nSPS) is 11.1. The minimum atomic E-state index is 0.0725. The Morgan fingerprint density at radius 3 is 2.50 bits per heavy atom. The Kier molecular flexibility index (Phi) is 9.01. The standard InChI is InChI=1S/C17H27ClN4O2/c1-5-19-17(20-11-10-16(23)21(2)3)22(4)12-13-24-15-8-6-14(18)7-9-15/h6-9H,5,10-13H2,1-4H3,(H,19,20). The van der Waals surface area contributed by atoms with Crippen LogP contribution in [-0.2, 0) is 4.79 Å². The minimum absolute atomic E-state index is 0.0725. The van der Waals surface area contributed by atoms with Gasteiger partial charge in [-0.2, -0.15) is 0 Å². The topological polar surface area (TPSA) is 57.2 Å². The SMILES string of the molecule is CCNC(=NCCC(=O)N(C)C)N(C)CCOc1ccc(Cl)cc1. The third-order valence-electron chi connectivity index (χ3n) is 3.29. The highest BCUT2D eigenvalue weighted by molar-refractivity contribution is 6.30. The van der Waals surface area contributed by atoms with Gasteiger partial charge in [0.2, 0.25) is 5.91 Å². The molecule has 1 N–H and O–H groups in total. The van der Waals surface area contributed by atoms with Gasteiger partial charge in [-0.1, -0.05) is 11.6 Å². The molecule has 0 saturated heterocycles.